The van der Waals surface area contributed by atoms with Gasteiger partial charge in [0.2, 0.25) is 0 Å². The number of methoxy groups -OCH3 is 3. The van der Waals surface area contributed by atoms with E-state index in [2.05, 4.69) is 20.7 Å². The second-order valence-electron chi connectivity index (χ2n) is 3.77. The predicted octanol–water partition coefficient (Wildman–Crippen LogP) is 3.09. The summed E-state index contributed by atoms with van der Waals surface area (Å²) in [4.78, 5) is 11.2. The zero-order valence-corrected chi connectivity index (χ0v) is 12.8. The summed E-state index contributed by atoms with van der Waals surface area (Å²) in [6.07, 6.45) is 3.32. The number of carbonyl (C=O) groups is 1. The molecule has 19 heavy (non-hydrogen) atoms. The molecule has 0 amide bonds. The van der Waals surface area contributed by atoms with Crippen LogP contribution in [0, 0.1) is 0 Å². The fourth-order valence-corrected chi connectivity index (χ4v) is 1.97. The van der Waals surface area contributed by atoms with Gasteiger partial charge in [0.25, 0.3) is 0 Å². The van der Waals surface area contributed by atoms with Gasteiger partial charge >= 0.3 is 5.97 Å². The van der Waals surface area contributed by atoms with Gasteiger partial charge in [-0.05, 0) is 46.5 Å². The first-order chi connectivity index (χ1) is 9.12. The van der Waals surface area contributed by atoms with Crippen molar-refractivity contribution in [3.05, 3.63) is 34.3 Å². The number of hydrogen-bond donors (Lipinski definition) is 0. The second-order valence-corrected chi connectivity index (χ2v) is 4.63. The van der Waals surface area contributed by atoms with Crippen LogP contribution in [-0.4, -0.2) is 27.3 Å². The standard InChI is InChI=1S/C14H17BrO4/c1-17-12-8-7-10(9-13(12)18-2)5-4-6-11(15)14(16)19-3/h6-9H,4-5H2,1-3H3/b11-6-. The van der Waals surface area contributed by atoms with Crippen molar-refractivity contribution in [2.75, 3.05) is 21.3 Å². The van der Waals surface area contributed by atoms with Gasteiger partial charge < -0.3 is 14.2 Å². The van der Waals surface area contributed by atoms with E-state index in [-0.39, 0.29) is 5.97 Å². The van der Waals surface area contributed by atoms with E-state index in [1.807, 2.05) is 18.2 Å². The Morgan fingerprint density at radius 3 is 2.47 bits per heavy atom. The number of benzene rings is 1. The van der Waals surface area contributed by atoms with E-state index in [4.69, 9.17) is 9.47 Å². The lowest BCUT2D eigenvalue weighted by Gasteiger charge is -2.09. The summed E-state index contributed by atoms with van der Waals surface area (Å²) in [5, 5.41) is 0. The third-order valence-corrected chi connectivity index (χ3v) is 3.23. The highest BCUT2D eigenvalue weighted by molar-refractivity contribution is 9.12. The van der Waals surface area contributed by atoms with E-state index in [0.717, 1.165) is 18.4 Å². The maximum atomic E-state index is 11.2. The average molecular weight is 329 g/mol. The lowest BCUT2D eigenvalue weighted by atomic mass is 10.1. The van der Waals surface area contributed by atoms with E-state index < -0.39 is 0 Å². The normalized spacial score (nSPS) is 11.1. The predicted molar refractivity (Wildman–Crippen MR) is 76.9 cm³/mol. The number of hydrogen-bond acceptors (Lipinski definition) is 4. The van der Waals surface area contributed by atoms with Crippen molar-refractivity contribution in [1.29, 1.82) is 0 Å². The third kappa shape index (κ3) is 4.59. The van der Waals surface area contributed by atoms with E-state index in [1.54, 1.807) is 20.3 Å². The number of rotatable bonds is 6. The molecule has 104 valence electrons. The van der Waals surface area contributed by atoms with Gasteiger partial charge in [0.15, 0.2) is 11.5 Å². The molecule has 0 fully saturated rings. The molecular formula is C14H17BrO4. The quantitative estimate of drug-likeness (QED) is 0.594. The van der Waals surface area contributed by atoms with Crippen molar-refractivity contribution in [2.24, 2.45) is 0 Å². The van der Waals surface area contributed by atoms with Crippen molar-refractivity contribution < 1.29 is 19.0 Å². The molecule has 0 aliphatic rings. The number of halogens is 1. The van der Waals surface area contributed by atoms with Gasteiger partial charge in [0.05, 0.1) is 25.8 Å². The smallest absolute Gasteiger partial charge is 0.344 e. The number of aryl methyl sites for hydroxylation is 1. The summed E-state index contributed by atoms with van der Waals surface area (Å²) in [6.45, 7) is 0. The van der Waals surface area contributed by atoms with Crippen LogP contribution in [0.25, 0.3) is 0 Å². The van der Waals surface area contributed by atoms with E-state index in [9.17, 15) is 4.79 Å². The van der Waals surface area contributed by atoms with Crippen molar-refractivity contribution >= 4 is 21.9 Å². The number of allylic oxidation sites excluding steroid dienone is 1. The first-order valence-corrected chi connectivity index (χ1v) is 6.56. The second kappa shape index (κ2) is 7.84. The number of carbonyl (C=O) groups excluding carboxylic acids is 1. The molecule has 0 aliphatic carbocycles. The Bertz CT molecular complexity index is 469. The summed E-state index contributed by atoms with van der Waals surface area (Å²) in [5.41, 5.74) is 1.11. The summed E-state index contributed by atoms with van der Waals surface area (Å²) >= 11 is 3.17. The van der Waals surface area contributed by atoms with E-state index >= 15 is 0 Å². The lowest BCUT2D eigenvalue weighted by Crippen LogP contribution is -1.99. The summed E-state index contributed by atoms with van der Waals surface area (Å²) < 4.78 is 15.4. The highest BCUT2D eigenvalue weighted by atomic mass is 79.9. The maximum absolute atomic E-state index is 11.2. The van der Waals surface area contributed by atoms with Gasteiger partial charge in [-0.15, -0.1) is 0 Å². The molecule has 0 spiro atoms. The molecule has 0 aromatic heterocycles. The SMILES string of the molecule is COC(=O)/C(Br)=C/CCc1ccc(OC)c(OC)c1. The molecule has 0 aliphatic heterocycles. The minimum atomic E-state index is -0.368. The van der Waals surface area contributed by atoms with Crippen LogP contribution in [0.5, 0.6) is 11.5 Å². The molecule has 0 heterocycles. The van der Waals surface area contributed by atoms with Gasteiger partial charge in [-0.3, -0.25) is 0 Å². The molecule has 0 radical (unpaired) electrons. The first kappa shape index (κ1) is 15.6. The molecule has 1 aromatic rings. The van der Waals surface area contributed by atoms with Crippen LogP contribution in [0.2, 0.25) is 0 Å². The number of esters is 1. The van der Waals surface area contributed by atoms with E-state index in [1.165, 1.54) is 7.11 Å². The van der Waals surface area contributed by atoms with Gasteiger partial charge in [0.1, 0.15) is 0 Å². The average Bonchev–Trinajstić information content (AvgIpc) is 2.45. The zero-order valence-electron chi connectivity index (χ0n) is 11.2. The minimum Gasteiger partial charge on any atom is -0.493 e. The zero-order chi connectivity index (χ0) is 14.3. The molecule has 0 saturated heterocycles. The molecular weight excluding hydrogens is 312 g/mol. The van der Waals surface area contributed by atoms with Crippen LogP contribution in [0.15, 0.2) is 28.8 Å². The van der Waals surface area contributed by atoms with Gasteiger partial charge in [-0.25, -0.2) is 4.79 Å². The summed E-state index contributed by atoms with van der Waals surface area (Å²) in [7, 11) is 4.56. The molecule has 1 aromatic carbocycles. The number of ether oxygens (including phenoxy) is 3. The molecule has 4 nitrogen and oxygen atoms in total. The van der Waals surface area contributed by atoms with Crippen LogP contribution >= 0.6 is 15.9 Å². The van der Waals surface area contributed by atoms with Crippen LogP contribution < -0.4 is 9.47 Å². The lowest BCUT2D eigenvalue weighted by molar-refractivity contribution is -0.135. The molecule has 0 atom stereocenters. The van der Waals surface area contributed by atoms with Crippen molar-refractivity contribution in [3.63, 3.8) is 0 Å². The van der Waals surface area contributed by atoms with Gasteiger partial charge in [-0.1, -0.05) is 12.1 Å². The van der Waals surface area contributed by atoms with Gasteiger partial charge in [0, 0.05) is 0 Å². The largest absolute Gasteiger partial charge is 0.493 e. The fraction of sp³-hybridized carbons (Fsp3) is 0.357. The van der Waals surface area contributed by atoms with Gasteiger partial charge in [-0.2, -0.15) is 0 Å². The molecule has 1 rings (SSSR count). The molecule has 0 saturated carbocycles. The monoisotopic (exact) mass is 328 g/mol. The molecule has 5 heteroatoms. The Morgan fingerprint density at radius 2 is 1.89 bits per heavy atom. The molecule has 0 bridgehead atoms. The van der Waals surface area contributed by atoms with Crippen molar-refractivity contribution in [2.45, 2.75) is 12.8 Å². The highest BCUT2D eigenvalue weighted by Gasteiger charge is 2.06. The van der Waals surface area contributed by atoms with E-state index in [0.29, 0.717) is 16.0 Å². The van der Waals surface area contributed by atoms with Crippen molar-refractivity contribution in [1.82, 2.24) is 0 Å². The fourth-order valence-electron chi connectivity index (χ4n) is 1.58. The minimum absolute atomic E-state index is 0.368. The van der Waals surface area contributed by atoms with Crippen LogP contribution in [0.3, 0.4) is 0 Å². The Morgan fingerprint density at radius 1 is 1.21 bits per heavy atom. The summed E-state index contributed by atoms with van der Waals surface area (Å²) in [6, 6.07) is 5.77. The first-order valence-electron chi connectivity index (χ1n) is 5.77. The topological polar surface area (TPSA) is 44.8 Å². The third-order valence-electron chi connectivity index (χ3n) is 2.58. The Balaban J connectivity index is 2.66. The summed E-state index contributed by atoms with van der Waals surface area (Å²) in [5.74, 6) is 1.04. The Kier molecular flexibility index (Phi) is 6.42. The molecule has 0 N–H and O–H groups in total. The van der Waals surface area contributed by atoms with Crippen LogP contribution in [0.1, 0.15) is 12.0 Å². The Hall–Kier alpha value is -1.49. The van der Waals surface area contributed by atoms with Crippen LogP contribution in [0.4, 0.5) is 0 Å². The molecule has 0 unspecified atom stereocenters. The van der Waals surface area contributed by atoms with Crippen molar-refractivity contribution in [3.8, 4) is 11.5 Å². The maximum Gasteiger partial charge on any atom is 0.344 e. The Labute approximate surface area is 121 Å². The van der Waals surface area contributed by atoms with Crippen LogP contribution in [-0.2, 0) is 16.0 Å². The highest BCUT2D eigenvalue weighted by Crippen LogP contribution is 2.28.